The molecule has 3 rings (SSSR count). The van der Waals surface area contributed by atoms with Crippen LogP contribution in [0.4, 0.5) is 5.69 Å². The van der Waals surface area contributed by atoms with Crippen molar-refractivity contribution in [3.8, 4) is 0 Å². The third-order valence-electron chi connectivity index (χ3n) is 4.32. The summed E-state index contributed by atoms with van der Waals surface area (Å²) in [7, 11) is 0. The number of halogens is 2. The Morgan fingerprint density at radius 2 is 1.77 bits per heavy atom. The van der Waals surface area contributed by atoms with E-state index < -0.39 is 0 Å². The normalized spacial score (nSPS) is 24.2. The minimum Gasteiger partial charge on any atom is -0.347 e. The predicted molar refractivity (Wildman–Crippen MR) is 98.8 cm³/mol. The third kappa shape index (κ3) is 3.58. The predicted octanol–water partition coefficient (Wildman–Crippen LogP) is 6.14. The summed E-state index contributed by atoms with van der Waals surface area (Å²) < 4.78 is 0.185. The zero-order chi connectivity index (χ0) is 15.7. The Bertz CT molecular complexity index is 560. The summed E-state index contributed by atoms with van der Waals surface area (Å²) in [6.45, 7) is 5.61. The molecule has 1 saturated carbocycles. The molecule has 0 atom stereocenters. The van der Waals surface area contributed by atoms with Gasteiger partial charge in [-0.3, -0.25) is 0 Å². The maximum atomic E-state index is 6.29. The molecule has 1 heterocycles. The molecule has 2 nitrogen and oxygen atoms in total. The van der Waals surface area contributed by atoms with Crippen LogP contribution in [0.15, 0.2) is 23.2 Å². The smallest absolute Gasteiger partial charge is 0.165 e. The molecule has 0 aromatic heterocycles. The number of para-hydroxylation sites is 1. The number of hydrogen-bond donors (Lipinski definition) is 0. The van der Waals surface area contributed by atoms with Crippen LogP contribution in [0.1, 0.15) is 46.0 Å². The first-order valence-electron chi connectivity index (χ1n) is 7.95. The van der Waals surface area contributed by atoms with Crippen molar-refractivity contribution in [2.24, 2.45) is 4.99 Å². The number of nitrogens with zero attached hydrogens (tertiary/aromatic N) is 2. The topological polar surface area (TPSA) is 15.6 Å². The van der Waals surface area contributed by atoms with E-state index in [1.54, 1.807) is 0 Å². The fraction of sp³-hybridized carbons (Fsp3) is 0.588. The quantitative estimate of drug-likeness (QED) is 0.632. The Morgan fingerprint density at radius 3 is 2.41 bits per heavy atom. The first kappa shape index (κ1) is 16.5. The highest BCUT2D eigenvalue weighted by Gasteiger charge is 2.39. The van der Waals surface area contributed by atoms with Gasteiger partial charge in [0.2, 0.25) is 0 Å². The van der Waals surface area contributed by atoms with E-state index in [-0.39, 0.29) is 4.75 Å². The van der Waals surface area contributed by atoms with Crippen molar-refractivity contribution in [2.75, 3.05) is 6.54 Å². The molecule has 120 valence electrons. The first-order valence-corrected chi connectivity index (χ1v) is 9.52. The van der Waals surface area contributed by atoms with Gasteiger partial charge in [0, 0.05) is 17.3 Å². The first-order chi connectivity index (χ1) is 10.5. The van der Waals surface area contributed by atoms with Crippen LogP contribution in [0, 0.1) is 0 Å². The second-order valence-electron chi connectivity index (χ2n) is 6.75. The molecular formula is C17H22Cl2N2S. The molecule has 1 aliphatic heterocycles. The SMILES string of the molecule is CC1(C)CN(C2CCCCC2)C(=Nc2c(Cl)cccc2Cl)S1. The molecule has 0 unspecified atom stereocenters. The fourth-order valence-corrected chi connectivity index (χ4v) is 4.92. The van der Waals surface area contributed by atoms with Crippen molar-refractivity contribution in [3.05, 3.63) is 28.2 Å². The second-order valence-corrected chi connectivity index (χ2v) is 9.23. The van der Waals surface area contributed by atoms with E-state index >= 15 is 0 Å². The Labute approximate surface area is 147 Å². The van der Waals surface area contributed by atoms with Crippen molar-refractivity contribution in [1.29, 1.82) is 0 Å². The van der Waals surface area contributed by atoms with Gasteiger partial charge in [0.15, 0.2) is 5.17 Å². The molecular weight excluding hydrogens is 335 g/mol. The molecule has 22 heavy (non-hydrogen) atoms. The van der Waals surface area contributed by atoms with Gasteiger partial charge in [-0.2, -0.15) is 0 Å². The zero-order valence-electron chi connectivity index (χ0n) is 13.1. The lowest BCUT2D eigenvalue weighted by Gasteiger charge is -2.33. The number of amidine groups is 1. The fourth-order valence-electron chi connectivity index (χ4n) is 3.27. The minimum atomic E-state index is 0.185. The summed E-state index contributed by atoms with van der Waals surface area (Å²) >= 11 is 14.4. The zero-order valence-corrected chi connectivity index (χ0v) is 15.4. The third-order valence-corrected chi connectivity index (χ3v) is 6.12. The second kappa shape index (κ2) is 6.62. The van der Waals surface area contributed by atoms with Gasteiger partial charge < -0.3 is 4.90 Å². The Morgan fingerprint density at radius 1 is 1.14 bits per heavy atom. The van der Waals surface area contributed by atoms with Crippen LogP contribution in [0.3, 0.4) is 0 Å². The molecule has 5 heteroatoms. The van der Waals surface area contributed by atoms with Crippen LogP contribution < -0.4 is 0 Å². The number of benzene rings is 1. The summed E-state index contributed by atoms with van der Waals surface area (Å²) in [6.07, 6.45) is 6.56. The lowest BCUT2D eigenvalue weighted by molar-refractivity contribution is 0.243. The number of thioether (sulfide) groups is 1. The average molecular weight is 357 g/mol. The van der Waals surface area contributed by atoms with E-state index in [0.29, 0.717) is 21.8 Å². The summed E-state index contributed by atoms with van der Waals surface area (Å²) in [5.41, 5.74) is 0.701. The Hall–Kier alpha value is -0.380. The van der Waals surface area contributed by atoms with Crippen LogP contribution in [0.2, 0.25) is 10.0 Å². The van der Waals surface area contributed by atoms with Gasteiger partial charge in [0.1, 0.15) is 5.69 Å². The van der Waals surface area contributed by atoms with Crippen LogP contribution >= 0.6 is 35.0 Å². The molecule has 0 amide bonds. The molecule has 1 saturated heterocycles. The standard InChI is InChI=1S/C17H22Cl2N2S/c1-17(2)11-21(12-7-4-3-5-8-12)16(22-17)20-15-13(18)9-6-10-14(15)19/h6,9-10,12H,3-5,7-8,11H2,1-2H3. The number of aliphatic imine (C=N–C) groups is 1. The largest absolute Gasteiger partial charge is 0.347 e. The van der Waals surface area contributed by atoms with Gasteiger partial charge >= 0.3 is 0 Å². The van der Waals surface area contributed by atoms with E-state index in [1.165, 1.54) is 32.1 Å². The monoisotopic (exact) mass is 356 g/mol. The highest BCUT2D eigenvalue weighted by Crippen LogP contribution is 2.42. The highest BCUT2D eigenvalue weighted by molar-refractivity contribution is 8.15. The van der Waals surface area contributed by atoms with E-state index in [0.717, 1.165) is 11.7 Å². The highest BCUT2D eigenvalue weighted by atomic mass is 35.5. The van der Waals surface area contributed by atoms with Crippen molar-refractivity contribution in [1.82, 2.24) is 4.90 Å². The summed E-state index contributed by atoms with van der Waals surface area (Å²) in [4.78, 5) is 7.34. The van der Waals surface area contributed by atoms with Gasteiger partial charge in [0.25, 0.3) is 0 Å². The molecule has 1 aliphatic carbocycles. The van der Waals surface area contributed by atoms with Gasteiger partial charge in [-0.15, -0.1) is 0 Å². The van der Waals surface area contributed by atoms with Gasteiger partial charge in [-0.1, -0.05) is 60.3 Å². The number of rotatable bonds is 2. The van der Waals surface area contributed by atoms with Crippen molar-refractivity contribution in [3.63, 3.8) is 0 Å². The summed E-state index contributed by atoms with van der Waals surface area (Å²) in [5, 5.41) is 2.31. The van der Waals surface area contributed by atoms with E-state index in [1.807, 2.05) is 30.0 Å². The lowest BCUT2D eigenvalue weighted by atomic mass is 9.94. The van der Waals surface area contributed by atoms with Crippen LogP contribution in [0.5, 0.6) is 0 Å². The van der Waals surface area contributed by atoms with Crippen molar-refractivity contribution in [2.45, 2.75) is 56.7 Å². The Kier molecular flexibility index (Phi) is 4.96. The molecule has 0 bridgehead atoms. The van der Waals surface area contributed by atoms with Crippen LogP contribution in [-0.2, 0) is 0 Å². The lowest BCUT2D eigenvalue weighted by Crippen LogP contribution is -2.39. The minimum absolute atomic E-state index is 0.185. The maximum Gasteiger partial charge on any atom is 0.165 e. The summed E-state index contributed by atoms with van der Waals surface area (Å²) in [5.74, 6) is 0. The molecule has 0 radical (unpaired) electrons. The van der Waals surface area contributed by atoms with Crippen molar-refractivity contribution < 1.29 is 0 Å². The van der Waals surface area contributed by atoms with Gasteiger partial charge in [-0.25, -0.2) is 4.99 Å². The summed E-state index contributed by atoms with van der Waals surface area (Å²) in [6, 6.07) is 6.17. The molecule has 1 aromatic carbocycles. The number of hydrogen-bond acceptors (Lipinski definition) is 2. The molecule has 0 spiro atoms. The van der Waals surface area contributed by atoms with Gasteiger partial charge in [0.05, 0.1) is 10.0 Å². The Balaban J connectivity index is 1.93. The molecule has 0 N–H and O–H groups in total. The average Bonchev–Trinajstić information content (AvgIpc) is 2.79. The molecule has 1 aromatic rings. The van der Waals surface area contributed by atoms with Crippen LogP contribution in [-0.4, -0.2) is 27.4 Å². The van der Waals surface area contributed by atoms with Crippen LogP contribution in [0.25, 0.3) is 0 Å². The van der Waals surface area contributed by atoms with E-state index in [2.05, 4.69) is 18.7 Å². The van der Waals surface area contributed by atoms with Gasteiger partial charge in [-0.05, 0) is 38.8 Å². The van der Waals surface area contributed by atoms with E-state index in [4.69, 9.17) is 28.2 Å². The molecule has 2 fully saturated rings. The van der Waals surface area contributed by atoms with Crippen molar-refractivity contribution >= 4 is 45.8 Å². The molecule has 2 aliphatic rings. The van der Waals surface area contributed by atoms with E-state index in [9.17, 15) is 0 Å². The maximum absolute atomic E-state index is 6.29.